The SMILES string of the molecule is CCC1CNC(C)(C)CN1c1ccc(N(CC)CC)cc1. The van der Waals surface area contributed by atoms with E-state index in [2.05, 4.69) is 74.0 Å². The second-order valence-electron chi connectivity index (χ2n) is 6.64. The smallest absolute Gasteiger partial charge is 0.0412 e. The van der Waals surface area contributed by atoms with E-state index in [-0.39, 0.29) is 5.54 Å². The molecule has 0 spiro atoms. The van der Waals surface area contributed by atoms with Crippen LogP contribution in [0.25, 0.3) is 0 Å². The normalized spacial score (nSPS) is 21.4. The number of hydrogen-bond acceptors (Lipinski definition) is 3. The van der Waals surface area contributed by atoms with Crippen molar-refractivity contribution in [3.05, 3.63) is 24.3 Å². The van der Waals surface area contributed by atoms with Crippen molar-refractivity contribution in [3.63, 3.8) is 0 Å². The first kappa shape index (κ1) is 16.2. The summed E-state index contributed by atoms with van der Waals surface area (Å²) in [6, 6.07) is 9.71. The molecule has 1 fully saturated rings. The van der Waals surface area contributed by atoms with Crippen molar-refractivity contribution in [2.75, 3.05) is 36.0 Å². The molecule has 1 atom stereocenters. The molecule has 0 aliphatic carbocycles. The van der Waals surface area contributed by atoms with Gasteiger partial charge >= 0.3 is 0 Å². The van der Waals surface area contributed by atoms with Crippen LogP contribution in [0.3, 0.4) is 0 Å². The van der Waals surface area contributed by atoms with Gasteiger partial charge in [0.1, 0.15) is 0 Å². The summed E-state index contributed by atoms with van der Waals surface area (Å²) in [5.41, 5.74) is 2.86. The summed E-state index contributed by atoms with van der Waals surface area (Å²) in [6.07, 6.45) is 1.18. The number of hydrogen-bond donors (Lipinski definition) is 1. The molecule has 1 aliphatic rings. The number of nitrogens with one attached hydrogen (secondary N) is 1. The molecule has 1 heterocycles. The summed E-state index contributed by atoms with van der Waals surface area (Å²) in [4.78, 5) is 4.96. The van der Waals surface area contributed by atoms with Crippen LogP contribution in [0.15, 0.2) is 24.3 Å². The van der Waals surface area contributed by atoms with Gasteiger partial charge < -0.3 is 15.1 Å². The molecule has 1 aromatic carbocycles. The first-order valence-electron chi connectivity index (χ1n) is 8.37. The lowest BCUT2D eigenvalue weighted by molar-refractivity contribution is 0.306. The first-order valence-corrected chi connectivity index (χ1v) is 8.37. The Bertz CT molecular complexity index is 434. The largest absolute Gasteiger partial charge is 0.372 e. The Morgan fingerprint density at radius 2 is 1.76 bits per heavy atom. The zero-order valence-corrected chi connectivity index (χ0v) is 14.3. The minimum absolute atomic E-state index is 0.184. The third kappa shape index (κ3) is 3.70. The van der Waals surface area contributed by atoms with Gasteiger partial charge in [0.15, 0.2) is 0 Å². The molecule has 3 nitrogen and oxygen atoms in total. The summed E-state index contributed by atoms with van der Waals surface area (Å²) in [5.74, 6) is 0. The second kappa shape index (κ2) is 6.69. The Morgan fingerprint density at radius 1 is 1.14 bits per heavy atom. The maximum Gasteiger partial charge on any atom is 0.0412 e. The van der Waals surface area contributed by atoms with Gasteiger partial charge in [-0.05, 0) is 58.4 Å². The van der Waals surface area contributed by atoms with Gasteiger partial charge in [-0.25, -0.2) is 0 Å². The summed E-state index contributed by atoms with van der Waals surface area (Å²) in [5, 5.41) is 3.66. The highest BCUT2D eigenvalue weighted by molar-refractivity contribution is 5.57. The number of nitrogens with zero attached hydrogens (tertiary/aromatic N) is 2. The maximum absolute atomic E-state index is 3.66. The molecule has 21 heavy (non-hydrogen) atoms. The van der Waals surface area contributed by atoms with Crippen LogP contribution in [-0.2, 0) is 0 Å². The van der Waals surface area contributed by atoms with Crippen molar-refractivity contribution in [2.45, 2.75) is 52.6 Å². The molecule has 1 unspecified atom stereocenters. The highest BCUT2D eigenvalue weighted by Crippen LogP contribution is 2.27. The van der Waals surface area contributed by atoms with Gasteiger partial charge in [-0.1, -0.05) is 6.92 Å². The van der Waals surface area contributed by atoms with E-state index in [1.165, 1.54) is 17.8 Å². The van der Waals surface area contributed by atoms with Crippen LogP contribution in [0.5, 0.6) is 0 Å². The van der Waals surface area contributed by atoms with Crippen LogP contribution in [0.2, 0.25) is 0 Å². The van der Waals surface area contributed by atoms with Crippen molar-refractivity contribution < 1.29 is 0 Å². The van der Waals surface area contributed by atoms with Crippen LogP contribution in [0.4, 0.5) is 11.4 Å². The summed E-state index contributed by atoms with van der Waals surface area (Å²) < 4.78 is 0. The molecular formula is C18H31N3. The van der Waals surface area contributed by atoms with Crippen molar-refractivity contribution in [1.29, 1.82) is 0 Å². The molecule has 1 saturated heterocycles. The quantitative estimate of drug-likeness (QED) is 0.895. The van der Waals surface area contributed by atoms with Crippen molar-refractivity contribution in [1.82, 2.24) is 5.32 Å². The Balaban J connectivity index is 2.19. The molecule has 0 aromatic heterocycles. The number of piperazine rings is 1. The van der Waals surface area contributed by atoms with E-state index < -0.39 is 0 Å². The lowest BCUT2D eigenvalue weighted by atomic mass is 9.97. The molecule has 1 aliphatic heterocycles. The Labute approximate surface area is 130 Å². The van der Waals surface area contributed by atoms with Crippen molar-refractivity contribution in [2.24, 2.45) is 0 Å². The fraction of sp³-hybridized carbons (Fsp3) is 0.667. The lowest BCUT2D eigenvalue weighted by Gasteiger charge is -2.46. The molecule has 0 radical (unpaired) electrons. The summed E-state index contributed by atoms with van der Waals surface area (Å²) in [7, 11) is 0. The third-order valence-electron chi connectivity index (χ3n) is 4.60. The number of benzene rings is 1. The molecular weight excluding hydrogens is 258 g/mol. The van der Waals surface area contributed by atoms with Gasteiger partial charge in [0, 0.05) is 49.1 Å². The fourth-order valence-corrected chi connectivity index (χ4v) is 3.23. The highest BCUT2D eigenvalue weighted by atomic mass is 15.3. The van der Waals surface area contributed by atoms with Gasteiger partial charge in [0.25, 0.3) is 0 Å². The molecule has 2 rings (SSSR count). The second-order valence-corrected chi connectivity index (χ2v) is 6.64. The standard InChI is InChI=1S/C18H31N3/c1-6-15-13-19-18(4,5)14-21(15)17-11-9-16(10-12-17)20(7-2)8-3/h9-12,15,19H,6-8,13-14H2,1-5H3. The van der Waals surface area contributed by atoms with Crippen LogP contribution in [0.1, 0.15) is 41.0 Å². The average Bonchev–Trinajstić information content (AvgIpc) is 2.48. The van der Waals surface area contributed by atoms with Crippen LogP contribution >= 0.6 is 0 Å². The first-order chi connectivity index (χ1) is 10.0. The minimum atomic E-state index is 0.184. The molecule has 118 valence electrons. The topological polar surface area (TPSA) is 18.5 Å². The number of rotatable bonds is 5. The van der Waals surface area contributed by atoms with Crippen LogP contribution in [0, 0.1) is 0 Å². The molecule has 1 N–H and O–H groups in total. The maximum atomic E-state index is 3.66. The minimum Gasteiger partial charge on any atom is -0.372 e. The Kier molecular flexibility index (Phi) is 5.15. The Morgan fingerprint density at radius 3 is 2.29 bits per heavy atom. The number of anilines is 2. The average molecular weight is 289 g/mol. The van der Waals surface area contributed by atoms with Gasteiger partial charge in [0.05, 0.1) is 0 Å². The summed E-state index contributed by atoms with van der Waals surface area (Å²) >= 11 is 0. The zero-order valence-electron chi connectivity index (χ0n) is 14.3. The van der Waals surface area contributed by atoms with E-state index >= 15 is 0 Å². The van der Waals surface area contributed by atoms with Crippen LogP contribution in [-0.4, -0.2) is 37.8 Å². The molecule has 0 saturated carbocycles. The highest BCUT2D eigenvalue weighted by Gasteiger charge is 2.31. The van der Waals surface area contributed by atoms with Crippen molar-refractivity contribution in [3.8, 4) is 0 Å². The Hall–Kier alpha value is -1.22. The van der Waals surface area contributed by atoms with E-state index in [0.29, 0.717) is 6.04 Å². The fourth-order valence-electron chi connectivity index (χ4n) is 3.23. The van der Waals surface area contributed by atoms with E-state index in [1.54, 1.807) is 0 Å². The van der Waals surface area contributed by atoms with Gasteiger partial charge in [-0.15, -0.1) is 0 Å². The van der Waals surface area contributed by atoms with Gasteiger partial charge in [-0.2, -0.15) is 0 Å². The predicted octanol–water partition coefficient (Wildman–Crippen LogP) is 3.50. The molecule has 3 heteroatoms. The molecule has 0 amide bonds. The zero-order chi connectivity index (χ0) is 15.5. The van der Waals surface area contributed by atoms with E-state index in [1.807, 2.05) is 0 Å². The van der Waals surface area contributed by atoms with E-state index in [9.17, 15) is 0 Å². The van der Waals surface area contributed by atoms with Crippen molar-refractivity contribution >= 4 is 11.4 Å². The summed E-state index contributed by atoms with van der Waals surface area (Å²) in [6.45, 7) is 15.5. The van der Waals surface area contributed by atoms with Gasteiger partial charge in [0.2, 0.25) is 0 Å². The third-order valence-corrected chi connectivity index (χ3v) is 4.60. The molecule has 1 aromatic rings. The van der Waals surface area contributed by atoms with E-state index in [4.69, 9.17) is 0 Å². The van der Waals surface area contributed by atoms with Gasteiger partial charge in [-0.3, -0.25) is 0 Å². The van der Waals surface area contributed by atoms with E-state index in [0.717, 1.165) is 26.2 Å². The monoisotopic (exact) mass is 289 g/mol. The predicted molar refractivity (Wildman–Crippen MR) is 93.5 cm³/mol. The lowest BCUT2D eigenvalue weighted by Crippen LogP contribution is -2.61. The molecule has 0 bridgehead atoms. The van der Waals surface area contributed by atoms with Crippen LogP contribution < -0.4 is 15.1 Å².